The van der Waals surface area contributed by atoms with E-state index >= 15 is 0 Å². The summed E-state index contributed by atoms with van der Waals surface area (Å²) < 4.78 is 45.4. The Morgan fingerprint density at radius 2 is 1.85 bits per heavy atom. The summed E-state index contributed by atoms with van der Waals surface area (Å²) in [5, 5.41) is 2.24. The van der Waals surface area contributed by atoms with Crippen LogP contribution >= 0.6 is 11.6 Å². The Balaban J connectivity index is 2.27. The number of carbonyl (C=O) groups excluding carboxylic acids is 2. The molecule has 0 aliphatic rings. The molecular weight excluding hydrogens is 377 g/mol. The Kier molecular flexibility index (Phi) is 5.61. The van der Waals surface area contributed by atoms with E-state index in [2.05, 4.69) is 10.1 Å². The Bertz CT molecular complexity index is 856. The zero-order valence-corrected chi connectivity index (χ0v) is 13.9. The fourth-order valence-electron chi connectivity index (χ4n) is 2.02. The first-order valence-electron chi connectivity index (χ1n) is 6.95. The van der Waals surface area contributed by atoms with E-state index < -0.39 is 23.9 Å². The van der Waals surface area contributed by atoms with Crippen molar-refractivity contribution in [2.45, 2.75) is 6.36 Å². The topological polar surface area (TPSA) is 90.7 Å². The van der Waals surface area contributed by atoms with Crippen LogP contribution in [-0.2, 0) is 0 Å². The molecule has 3 N–H and O–H groups in total. The maximum atomic E-state index is 12.4. The SMILES string of the molecule is COc1ccc(C(N)=O)cc1C(=O)Nc1ccc(OC(F)(F)F)cc1Cl. The molecule has 2 amide bonds. The van der Waals surface area contributed by atoms with Crippen molar-refractivity contribution >= 4 is 29.1 Å². The van der Waals surface area contributed by atoms with Crippen molar-refractivity contribution in [3.8, 4) is 11.5 Å². The van der Waals surface area contributed by atoms with Gasteiger partial charge in [0.2, 0.25) is 5.91 Å². The Morgan fingerprint density at radius 3 is 2.38 bits per heavy atom. The number of anilines is 1. The van der Waals surface area contributed by atoms with Gasteiger partial charge in [0, 0.05) is 11.6 Å². The summed E-state index contributed by atoms with van der Waals surface area (Å²) >= 11 is 5.88. The van der Waals surface area contributed by atoms with Gasteiger partial charge in [0.1, 0.15) is 11.5 Å². The maximum Gasteiger partial charge on any atom is 0.573 e. The third-order valence-corrected chi connectivity index (χ3v) is 3.46. The fraction of sp³-hybridized carbons (Fsp3) is 0.125. The second-order valence-corrected chi connectivity index (χ2v) is 5.33. The minimum Gasteiger partial charge on any atom is -0.496 e. The minimum absolute atomic E-state index is 0.00418. The summed E-state index contributed by atoms with van der Waals surface area (Å²) in [7, 11) is 1.33. The number of primary amides is 1. The molecule has 26 heavy (non-hydrogen) atoms. The number of ether oxygens (including phenoxy) is 2. The van der Waals surface area contributed by atoms with Crippen LogP contribution < -0.4 is 20.5 Å². The summed E-state index contributed by atoms with van der Waals surface area (Å²) in [5.41, 5.74) is 5.29. The quantitative estimate of drug-likeness (QED) is 0.818. The highest BCUT2D eigenvalue weighted by atomic mass is 35.5. The number of halogens is 4. The summed E-state index contributed by atoms with van der Waals surface area (Å²) in [6, 6.07) is 7.04. The predicted molar refractivity (Wildman–Crippen MR) is 87.6 cm³/mol. The number of amides is 2. The van der Waals surface area contributed by atoms with E-state index in [9.17, 15) is 22.8 Å². The van der Waals surface area contributed by atoms with Crippen LogP contribution in [0.3, 0.4) is 0 Å². The van der Waals surface area contributed by atoms with Gasteiger partial charge in [-0.1, -0.05) is 11.6 Å². The van der Waals surface area contributed by atoms with Gasteiger partial charge in [-0.3, -0.25) is 9.59 Å². The molecule has 0 unspecified atom stereocenters. The number of hydrogen-bond acceptors (Lipinski definition) is 4. The first-order chi connectivity index (χ1) is 12.1. The van der Waals surface area contributed by atoms with Crippen molar-refractivity contribution in [1.82, 2.24) is 0 Å². The van der Waals surface area contributed by atoms with Crippen LogP contribution in [0.25, 0.3) is 0 Å². The van der Waals surface area contributed by atoms with Gasteiger partial charge in [0.15, 0.2) is 0 Å². The van der Waals surface area contributed by atoms with Crippen LogP contribution in [0, 0.1) is 0 Å². The molecule has 6 nitrogen and oxygen atoms in total. The maximum absolute atomic E-state index is 12.4. The number of carbonyl (C=O) groups is 2. The molecule has 2 rings (SSSR count). The molecule has 0 atom stereocenters. The van der Waals surface area contributed by atoms with E-state index in [1.807, 2.05) is 0 Å². The van der Waals surface area contributed by atoms with E-state index in [-0.39, 0.29) is 27.6 Å². The number of hydrogen-bond donors (Lipinski definition) is 2. The largest absolute Gasteiger partial charge is 0.573 e. The number of benzene rings is 2. The molecule has 0 bridgehead atoms. The van der Waals surface area contributed by atoms with Crippen molar-refractivity contribution in [2.75, 3.05) is 12.4 Å². The third kappa shape index (κ3) is 4.79. The zero-order valence-electron chi connectivity index (χ0n) is 13.2. The lowest BCUT2D eigenvalue weighted by Gasteiger charge is -2.13. The molecule has 0 aliphatic heterocycles. The number of alkyl halides is 3. The summed E-state index contributed by atoms with van der Waals surface area (Å²) in [6.45, 7) is 0. The molecule has 0 heterocycles. The Labute approximate surface area is 150 Å². The molecule has 0 saturated heterocycles. The lowest BCUT2D eigenvalue weighted by atomic mass is 10.1. The van der Waals surface area contributed by atoms with Crippen LogP contribution in [0.2, 0.25) is 5.02 Å². The van der Waals surface area contributed by atoms with Crippen molar-refractivity contribution in [1.29, 1.82) is 0 Å². The zero-order chi connectivity index (χ0) is 19.5. The summed E-state index contributed by atoms with van der Waals surface area (Å²) in [5.74, 6) is -1.81. The number of rotatable bonds is 5. The van der Waals surface area contributed by atoms with Crippen molar-refractivity contribution in [2.24, 2.45) is 5.73 Å². The summed E-state index contributed by atoms with van der Waals surface area (Å²) in [4.78, 5) is 23.7. The average molecular weight is 389 g/mol. The van der Waals surface area contributed by atoms with E-state index in [1.165, 1.54) is 25.3 Å². The van der Waals surface area contributed by atoms with E-state index in [1.54, 1.807) is 0 Å². The molecule has 0 aromatic heterocycles. The van der Waals surface area contributed by atoms with Gasteiger partial charge in [0.05, 0.1) is 23.4 Å². The molecule has 2 aromatic rings. The van der Waals surface area contributed by atoms with Crippen molar-refractivity contribution in [3.63, 3.8) is 0 Å². The number of nitrogens with two attached hydrogens (primary N) is 1. The second kappa shape index (κ2) is 7.52. The van der Waals surface area contributed by atoms with Gasteiger partial charge in [-0.25, -0.2) is 0 Å². The van der Waals surface area contributed by atoms with Crippen LogP contribution in [0.4, 0.5) is 18.9 Å². The molecule has 0 aliphatic carbocycles. The van der Waals surface area contributed by atoms with Crippen LogP contribution in [0.1, 0.15) is 20.7 Å². The van der Waals surface area contributed by atoms with Gasteiger partial charge in [0.25, 0.3) is 5.91 Å². The van der Waals surface area contributed by atoms with E-state index in [0.717, 1.165) is 18.2 Å². The average Bonchev–Trinajstić information content (AvgIpc) is 2.55. The van der Waals surface area contributed by atoms with Gasteiger partial charge in [-0.05, 0) is 30.3 Å². The summed E-state index contributed by atoms with van der Waals surface area (Å²) in [6.07, 6.45) is -4.86. The second-order valence-electron chi connectivity index (χ2n) is 4.92. The van der Waals surface area contributed by atoms with E-state index in [4.69, 9.17) is 22.1 Å². The molecule has 0 saturated carbocycles. The van der Waals surface area contributed by atoms with Crippen molar-refractivity contribution < 1.29 is 32.2 Å². The third-order valence-electron chi connectivity index (χ3n) is 3.15. The Hall–Kier alpha value is -2.94. The number of nitrogens with one attached hydrogen (secondary N) is 1. The first-order valence-corrected chi connectivity index (χ1v) is 7.33. The first kappa shape index (κ1) is 19.4. The fourth-order valence-corrected chi connectivity index (χ4v) is 2.24. The normalized spacial score (nSPS) is 11.0. The standard InChI is InChI=1S/C16H12ClF3N2O4/c1-25-13-5-2-8(14(21)23)6-10(13)15(24)22-12-4-3-9(7-11(12)17)26-16(18,19)20/h2-7H,1H3,(H2,21,23)(H,22,24). The van der Waals surface area contributed by atoms with Crippen molar-refractivity contribution in [3.05, 3.63) is 52.5 Å². The lowest BCUT2D eigenvalue weighted by Crippen LogP contribution is -2.18. The van der Waals surface area contributed by atoms with Gasteiger partial charge in [-0.2, -0.15) is 0 Å². The molecule has 138 valence electrons. The Morgan fingerprint density at radius 1 is 1.15 bits per heavy atom. The monoisotopic (exact) mass is 388 g/mol. The highest BCUT2D eigenvalue weighted by Gasteiger charge is 2.31. The molecular formula is C16H12ClF3N2O4. The van der Waals surface area contributed by atoms with Crippen LogP contribution in [0.15, 0.2) is 36.4 Å². The smallest absolute Gasteiger partial charge is 0.496 e. The van der Waals surface area contributed by atoms with Gasteiger partial charge >= 0.3 is 6.36 Å². The van der Waals surface area contributed by atoms with Gasteiger partial charge < -0.3 is 20.5 Å². The molecule has 0 spiro atoms. The molecule has 0 radical (unpaired) electrons. The number of methoxy groups -OCH3 is 1. The minimum atomic E-state index is -4.86. The predicted octanol–water partition coefficient (Wildman–Crippen LogP) is 3.60. The van der Waals surface area contributed by atoms with Crippen LogP contribution in [-0.4, -0.2) is 25.3 Å². The van der Waals surface area contributed by atoms with E-state index in [0.29, 0.717) is 0 Å². The molecule has 0 fully saturated rings. The molecule has 10 heteroatoms. The lowest BCUT2D eigenvalue weighted by molar-refractivity contribution is -0.274. The highest BCUT2D eigenvalue weighted by Crippen LogP contribution is 2.31. The molecule has 2 aromatic carbocycles. The van der Waals surface area contributed by atoms with Crippen LogP contribution in [0.5, 0.6) is 11.5 Å². The van der Waals surface area contributed by atoms with Gasteiger partial charge in [-0.15, -0.1) is 13.2 Å². The highest BCUT2D eigenvalue weighted by molar-refractivity contribution is 6.34.